The molecule has 7 heteroatoms. The summed E-state index contributed by atoms with van der Waals surface area (Å²) >= 11 is 1.56. The van der Waals surface area contributed by atoms with Crippen LogP contribution in [0.4, 0.5) is 0 Å². The summed E-state index contributed by atoms with van der Waals surface area (Å²) in [5.41, 5.74) is 0. The molecule has 0 radical (unpaired) electrons. The number of carbonyl (C=O) groups excluding carboxylic acids is 1. The quantitative estimate of drug-likeness (QED) is 0.840. The van der Waals surface area contributed by atoms with E-state index in [0.29, 0.717) is 24.7 Å². The van der Waals surface area contributed by atoms with Crippen molar-refractivity contribution in [1.29, 1.82) is 0 Å². The molecule has 0 aliphatic carbocycles. The zero-order valence-corrected chi connectivity index (χ0v) is 10.4. The molecule has 1 unspecified atom stereocenters. The maximum atomic E-state index is 11.6. The number of thiophene rings is 1. The predicted octanol–water partition coefficient (Wildman–Crippen LogP) is 0.429. The smallest absolute Gasteiger partial charge is 0.237 e. The number of rotatable bonds is 3. The Balaban J connectivity index is 1.72. The first-order valence-electron chi connectivity index (χ1n) is 5.70. The molecular weight excluding hydrogens is 252 g/mol. The van der Waals surface area contributed by atoms with Crippen molar-refractivity contribution < 1.29 is 9.32 Å². The van der Waals surface area contributed by atoms with E-state index in [0.717, 1.165) is 11.4 Å². The van der Waals surface area contributed by atoms with E-state index in [1.165, 1.54) is 0 Å². The largest absolute Gasteiger partial charge is 0.353 e. The highest BCUT2D eigenvalue weighted by molar-refractivity contribution is 7.13. The minimum absolute atomic E-state index is 0.0166. The Morgan fingerprint density at radius 2 is 2.44 bits per heavy atom. The Bertz CT molecular complexity index is 537. The van der Waals surface area contributed by atoms with Crippen molar-refractivity contribution in [2.45, 2.75) is 12.5 Å². The molecule has 2 aromatic heterocycles. The van der Waals surface area contributed by atoms with E-state index in [1.807, 2.05) is 17.5 Å². The van der Waals surface area contributed by atoms with Gasteiger partial charge in [0.05, 0.1) is 17.3 Å². The fraction of sp³-hybridized carbons (Fsp3) is 0.364. The van der Waals surface area contributed by atoms with Crippen LogP contribution in [0.25, 0.3) is 10.7 Å². The highest BCUT2D eigenvalue weighted by Crippen LogP contribution is 2.21. The summed E-state index contributed by atoms with van der Waals surface area (Å²) in [7, 11) is 0. The lowest BCUT2D eigenvalue weighted by molar-refractivity contribution is -0.124. The monoisotopic (exact) mass is 264 g/mol. The molecule has 1 amide bonds. The summed E-state index contributed by atoms with van der Waals surface area (Å²) in [6, 6.07) is 3.59. The van der Waals surface area contributed by atoms with Crippen LogP contribution in [-0.2, 0) is 11.2 Å². The van der Waals surface area contributed by atoms with Crippen LogP contribution >= 0.6 is 11.3 Å². The van der Waals surface area contributed by atoms with Crippen LogP contribution in [0.15, 0.2) is 22.0 Å². The lowest BCUT2D eigenvalue weighted by Gasteiger charge is -2.21. The summed E-state index contributed by atoms with van der Waals surface area (Å²) < 4.78 is 5.17. The van der Waals surface area contributed by atoms with E-state index >= 15 is 0 Å². The molecule has 18 heavy (non-hydrogen) atoms. The molecule has 2 aromatic rings. The van der Waals surface area contributed by atoms with Crippen molar-refractivity contribution in [2.75, 3.05) is 13.1 Å². The summed E-state index contributed by atoms with van der Waals surface area (Å²) in [4.78, 5) is 16.8. The van der Waals surface area contributed by atoms with E-state index in [-0.39, 0.29) is 11.9 Å². The van der Waals surface area contributed by atoms with Gasteiger partial charge >= 0.3 is 0 Å². The van der Waals surface area contributed by atoms with Gasteiger partial charge in [0.1, 0.15) is 0 Å². The number of nitrogens with one attached hydrogen (secondary N) is 2. The Morgan fingerprint density at radius 3 is 3.22 bits per heavy atom. The van der Waals surface area contributed by atoms with Crippen molar-refractivity contribution in [1.82, 2.24) is 20.8 Å². The molecule has 1 atom stereocenters. The molecule has 0 saturated carbocycles. The second-order valence-electron chi connectivity index (χ2n) is 3.99. The molecule has 3 heterocycles. The van der Waals surface area contributed by atoms with Gasteiger partial charge in [-0.2, -0.15) is 4.98 Å². The minimum Gasteiger partial charge on any atom is -0.353 e. The molecule has 94 valence electrons. The van der Waals surface area contributed by atoms with E-state index < -0.39 is 0 Å². The van der Waals surface area contributed by atoms with Gasteiger partial charge in [-0.05, 0) is 11.4 Å². The summed E-state index contributed by atoms with van der Waals surface area (Å²) in [6.45, 7) is 1.43. The lowest BCUT2D eigenvalue weighted by atomic mass is 10.1. The highest BCUT2D eigenvalue weighted by atomic mass is 32.1. The van der Waals surface area contributed by atoms with Crippen molar-refractivity contribution in [3.05, 3.63) is 23.4 Å². The third kappa shape index (κ3) is 2.27. The summed E-state index contributed by atoms with van der Waals surface area (Å²) in [6.07, 6.45) is 0.421. The normalized spacial score (nSPS) is 19.8. The van der Waals surface area contributed by atoms with Gasteiger partial charge < -0.3 is 15.2 Å². The van der Waals surface area contributed by atoms with Crippen molar-refractivity contribution in [2.24, 2.45) is 0 Å². The molecule has 1 fully saturated rings. The molecule has 3 rings (SSSR count). The third-order valence-corrected chi connectivity index (χ3v) is 3.59. The van der Waals surface area contributed by atoms with Crippen LogP contribution < -0.4 is 10.6 Å². The topological polar surface area (TPSA) is 80.0 Å². The summed E-state index contributed by atoms with van der Waals surface area (Å²) in [5.74, 6) is 1.04. The van der Waals surface area contributed by atoms with Gasteiger partial charge in [-0.1, -0.05) is 11.2 Å². The molecular formula is C11H12N4O2S. The zero-order chi connectivity index (χ0) is 12.4. The first-order chi connectivity index (χ1) is 8.83. The number of carbonyl (C=O) groups is 1. The van der Waals surface area contributed by atoms with Crippen LogP contribution in [0.2, 0.25) is 0 Å². The van der Waals surface area contributed by atoms with Gasteiger partial charge in [-0.15, -0.1) is 11.3 Å². The third-order valence-electron chi connectivity index (χ3n) is 2.72. The standard InChI is InChI=1S/C11H12N4O2S/c16-11-7(12-3-4-13-11)6-9-14-10(15-17-9)8-2-1-5-18-8/h1-2,5,7,12H,3-4,6H2,(H,13,16). The SMILES string of the molecule is O=C1NCCNC1Cc1nc(-c2cccs2)no1. The van der Waals surface area contributed by atoms with Gasteiger partial charge in [-0.3, -0.25) is 4.79 Å². The number of aromatic nitrogens is 2. The number of amides is 1. The first kappa shape index (κ1) is 11.4. The first-order valence-corrected chi connectivity index (χ1v) is 6.58. The van der Waals surface area contributed by atoms with E-state index in [2.05, 4.69) is 20.8 Å². The average Bonchev–Trinajstić information content (AvgIpc) is 3.02. The number of piperazine rings is 1. The van der Waals surface area contributed by atoms with Gasteiger partial charge in [0.2, 0.25) is 17.6 Å². The summed E-state index contributed by atoms with van der Waals surface area (Å²) in [5, 5.41) is 11.8. The lowest BCUT2D eigenvalue weighted by Crippen LogP contribution is -2.53. The van der Waals surface area contributed by atoms with Crippen LogP contribution in [0.5, 0.6) is 0 Å². The van der Waals surface area contributed by atoms with E-state index in [9.17, 15) is 4.79 Å². The maximum absolute atomic E-state index is 11.6. The van der Waals surface area contributed by atoms with Gasteiger partial charge in [0.25, 0.3) is 0 Å². The fourth-order valence-corrected chi connectivity index (χ4v) is 2.48. The predicted molar refractivity (Wildman–Crippen MR) is 66.1 cm³/mol. The van der Waals surface area contributed by atoms with Crippen molar-refractivity contribution in [3.63, 3.8) is 0 Å². The Labute approximate surface area is 107 Å². The molecule has 1 aliphatic rings. The molecule has 0 aromatic carbocycles. The molecule has 0 bridgehead atoms. The second-order valence-corrected chi connectivity index (χ2v) is 4.94. The molecule has 6 nitrogen and oxygen atoms in total. The van der Waals surface area contributed by atoms with Crippen LogP contribution in [0.3, 0.4) is 0 Å². The van der Waals surface area contributed by atoms with Crippen LogP contribution in [0, 0.1) is 0 Å². The van der Waals surface area contributed by atoms with Gasteiger partial charge in [0.15, 0.2) is 0 Å². The zero-order valence-electron chi connectivity index (χ0n) is 9.55. The molecule has 0 spiro atoms. The highest BCUT2D eigenvalue weighted by Gasteiger charge is 2.24. The van der Waals surface area contributed by atoms with Gasteiger partial charge in [-0.25, -0.2) is 0 Å². The van der Waals surface area contributed by atoms with Gasteiger partial charge in [0, 0.05) is 13.1 Å². The Morgan fingerprint density at radius 1 is 1.50 bits per heavy atom. The number of nitrogens with zero attached hydrogens (tertiary/aromatic N) is 2. The number of hydrogen-bond acceptors (Lipinski definition) is 6. The van der Waals surface area contributed by atoms with Crippen molar-refractivity contribution in [3.8, 4) is 10.7 Å². The van der Waals surface area contributed by atoms with E-state index in [1.54, 1.807) is 11.3 Å². The minimum atomic E-state index is -0.282. The van der Waals surface area contributed by atoms with Crippen LogP contribution in [-0.4, -0.2) is 35.2 Å². The molecule has 1 aliphatic heterocycles. The number of hydrogen-bond donors (Lipinski definition) is 2. The van der Waals surface area contributed by atoms with Crippen LogP contribution in [0.1, 0.15) is 5.89 Å². The Hall–Kier alpha value is -1.73. The maximum Gasteiger partial charge on any atom is 0.237 e. The van der Waals surface area contributed by atoms with Crippen molar-refractivity contribution >= 4 is 17.2 Å². The molecule has 2 N–H and O–H groups in total. The van der Waals surface area contributed by atoms with E-state index in [4.69, 9.17) is 4.52 Å². The Kier molecular flexibility index (Phi) is 3.07. The average molecular weight is 264 g/mol. The molecule has 1 saturated heterocycles. The second kappa shape index (κ2) is 4.87. The fourth-order valence-electron chi connectivity index (χ4n) is 1.83.